The van der Waals surface area contributed by atoms with E-state index in [-0.39, 0.29) is 10.8 Å². The minimum Gasteiger partial charge on any atom is -0.361 e. The van der Waals surface area contributed by atoms with Gasteiger partial charge in [-0.2, -0.15) is 0 Å². The zero-order chi connectivity index (χ0) is 19.3. The van der Waals surface area contributed by atoms with Crippen LogP contribution in [0.4, 0.5) is 0 Å². The average Bonchev–Trinajstić information content (AvgIpc) is 2.82. The van der Waals surface area contributed by atoms with Crippen LogP contribution in [-0.4, -0.2) is 33.2 Å². The van der Waals surface area contributed by atoms with Crippen molar-refractivity contribution in [3.8, 4) is 0 Å². The summed E-state index contributed by atoms with van der Waals surface area (Å²) in [5.74, 6) is 0.803. The van der Waals surface area contributed by atoms with Crippen molar-refractivity contribution in [1.82, 2.24) is 14.3 Å². The van der Waals surface area contributed by atoms with E-state index < -0.39 is 19.1 Å². The molecule has 0 spiro atoms. The van der Waals surface area contributed by atoms with Gasteiger partial charge in [0, 0.05) is 20.9 Å². The van der Waals surface area contributed by atoms with Crippen LogP contribution in [-0.2, 0) is 22.5 Å². The Morgan fingerprint density at radius 1 is 1.48 bits per heavy atom. The summed E-state index contributed by atoms with van der Waals surface area (Å²) in [6.07, 6.45) is 4.36. The Morgan fingerprint density at radius 3 is 2.64 bits per heavy atom. The highest BCUT2D eigenvalue weighted by Crippen LogP contribution is 2.23. The molecule has 0 saturated carbocycles. The van der Waals surface area contributed by atoms with Gasteiger partial charge in [-0.15, -0.1) is 6.58 Å². The first kappa shape index (κ1) is 22.8. The van der Waals surface area contributed by atoms with Crippen molar-refractivity contribution >= 4 is 35.0 Å². The fraction of sp³-hybridized carbons (Fsp3) is 0.706. The standard InChI is InChI=1S/C17H32BrN3O2SSi/c1-8-9-14(20-24(22)17(2,3)4)16-19-15(18)12-21(16)13-23-10-11-25(5,6)7/h8,12,14,20H,1,9-11,13H2,2-7H3. The quantitative estimate of drug-likeness (QED) is 0.321. The fourth-order valence-corrected chi connectivity index (χ4v) is 4.00. The number of imidazole rings is 1. The Labute approximate surface area is 164 Å². The largest absolute Gasteiger partial charge is 0.361 e. The van der Waals surface area contributed by atoms with Crippen molar-refractivity contribution < 1.29 is 8.95 Å². The molecule has 0 saturated heterocycles. The summed E-state index contributed by atoms with van der Waals surface area (Å²) in [6, 6.07) is 0.949. The van der Waals surface area contributed by atoms with Crippen LogP contribution in [0.3, 0.4) is 0 Å². The van der Waals surface area contributed by atoms with Crippen molar-refractivity contribution in [2.24, 2.45) is 0 Å². The first-order valence-corrected chi connectivity index (χ1v) is 14.2. The van der Waals surface area contributed by atoms with E-state index in [1.165, 1.54) is 0 Å². The van der Waals surface area contributed by atoms with Crippen LogP contribution in [0.15, 0.2) is 23.5 Å². The molecule has 0 aliphatic carbocycles. The van der Waals surface area contributed by atoms with E-state index in [2.05, 4.69) is 51.9 Å². The van der Waals surface area contributed by atoms with Gasteiger partial charge in [0.25, 0.3) is 0 Å². The van der Waals surface area contributed by atoms with Crippen molar-refractivity contribution in [1.29, 1.82) is 0 Å². The molecule has 0 amide bonds. The SMILES string of the molecule is C=CCC(NS(=O)C(C)(C)C)c1nc(Br)cn1COCC[Si](C)(C)C. The summed E-state index contributed by atoms with van der Waals surface area (Å²) >= 11 is 3.44. The Bertz CT molecular complexity index is 594. The predicted octanol–water partition coefficient (Wildman–Crippen LogP) is 4.63. The maximum atomic E-state index is 12.5. The molecule has 0 fully saturated rings. The first-order valence-electron chi connectivity index (χ1n) is 8.53. The minimum absolute atomic E-state index is 0.176. The molecule has 5 nitrogen and oxygen atoms in total. The van der Waals surface area contributed by atoms with Crippen LogP contribution in [0, 0.1) is 0 Å². The van der Waals surface area contributed by atoms with Crippen molar-refractivity contribution in [2.45, 2.75) is 70.4 Å². The highest BCUT2D eigenvalue weighted by molar-refractivity contribution is 9.10. The highest BCUT2D eigenvalue weighted by atomic mass is 79.9. The summed E-state index contributed by atoms with van der Waals surface area (Å²) in [7, 11) is -2.30. The van der Waals surface area contributed by atoms with Gasteiger partial charge < -0.3 is 9.30 Å². The van der Waals surface area contributed by atoms with E-state index in [9.17, 15) is 4.21 Å². The number of nitrogens with zero attached hydrogens (tertiary/aromatic N) is 2. The van der Waals surface area contributed by atoms with Crippen molar-refractivity contribution in [3.05, 3.63) is 29.3 Å². The zero-order valence-electron chi connectivity index (χ0n) is 16.3. The molecule has 25 heavy (non-hydrogen) atoms. The number of halogens is 1. The number of hydrogen-bond acceptors (Lipinski definition) is 3. The van der Waals surface area contributed by atoms with Crippen molar-refractivity contribution in [2.75, 3.05) is 6.61 Å². The van der Waals surface area contributed by atoms with E-state index in [4.69, 9.17) is 4.74 Å². The second kappa shape index (κ2) is 9.59. The smallest absolute Gasteiger partial charge is 0.130 e. The number of hydrogen-bond donors (Lipinski definition) is 1. The van der Waals surface area contributed by atoms with Crippen LogP contribution in [0.2, 0.25) is 25.7 Å². The predicted molar refractivity (Wildman–Crippen MR) is 113 cm³/mol. The van der Waals surface area contributed by atoms with Crippen LogP contribution in [0.25, 0.3) is 0 Å². The van der Waals surface area contributed by atoms with Gasteiger partial charge in [-0.05, 0) is 49.2 Å². The number of nitrogens with one attached hydrogen (secondary N) is 1. The van der Waals surface area contributed by atoms with Gasteiger partial charge in [-0.1, -0.05) is 25.7 Å². The molecule has 1 aromatic rings. The monoisotopic (exact) mass is 449 g/mol. The molecule has 1 N–H and O–H groups in total. The van der Waals surface area contributed by atoms with Gasteiger partial charge in [-0.3, -0.25) is 0 Å². The van der Waals surface area contributed by atoms with E-state index >= 15 is 0 Å². The maximum absolute atomic E-state index is 12.5. The zero-order valence-corrected chi connectivity index (χ0v) is 19.7. The minimum atomic E-state index is -1.19. The van der Waals surface area contributed by atoms with Gasteiger partial charge in [0.2, 0.25) is 0 Å². The molecule has 1 aromatic heterocycles. The Morgan fingerprint density at radius 2 is 2.12 bits per heavy atom. The molecule has 0 radical (unpaired) electrons. The third-order valence-corrected chi connectivity index (χ3v) is 7.22. The van der Waals surface area contributed by atoms with Crippen LogP contribution < -0.4 is 4.72 Å². The molecule has 2 atom stereocenters. The lowest BCUT2D eigenvalue weighted by atomic mass is 10.2. The maximum Gasteiger partial charge on any atom is 0.130 e. The molecular weight excluding hydrogens is 418 g/mol. The Kier molecular flexibility index (Phi) is 8.73. The lowest BCUT2D eigenvalue weighted by Gasteiger charge is -2.24. The van der Waals surface area contributed by atoms with Crippen LogP contribution in [0.1, 0.15) is 39.1 Å². The van der Waals surface area contributed by atoms with Gasteiger partial charge in [0.15, 0.2) is 0 Å². The molecule has 0 aliphatic rings. The topological polar surface area (TPSA) is 56.2 Å². The fourth-order valence-electron chi connectivity index (χ4n) is 2.00. The third kappa shape index (κ3) is 8.30. The van der Waals surface area contributed by atoms with Crippen LogP contribution in [0.5, 0.6) is 0 Å². The first-order chi connectivity index (χ1) is 11.4. The van der Waals surface area contributed by atoms with E-state index in [1.54, 1.807) is 0 Å². The molecule has 0 aliphatic heterocycles. The molecule has 0 bridgehead atoms. The van der Waals surface area contributed by atoms with Crippen molar-refractivity contribution in [3.63, 3.8) is 0 Å². The second-order valence-corrected chi connectivity index (χ2v) is 16.7. The summed E-state index contributed by atoms with van der Waals surface area (Å²) in [6.45, 7) is 17.9. The van der Waals surface area contributed by atoms with Gasteiger partial charge in [-0.25, -0.2) is 13.9 Å². The number of rotatable bonds is 10. The van der Waals surface area contributed by atoms with E-state index in [0.717, 1.165) is 23.1 Å². The lowest BCUT2D eigenvalue weighted by Crippen LogP contribution is -2.36. The molecule has 1 rings (SSSR count). The third-order valence-electron chi connectivity index (χ3n) is 3.52. The molecule has 8 heteroatoms. The van der Waals surface area contributed by atoms with Crippen LogP contribution >= 0.6 is 15.9 Å². The second-order valence-electron chi connectivity index (χ2n) is 8.32. The van der Waals surface area contributed by atoms with Gasteiger partial charge in [0.05, 0.1) is 21.8 Å². The average molecular weight is 451 g/mol. The Hall–Kier alpha value is -0.283. The molecular formula is C17H32BrN3O2SSi. The number of ether oxygens (including phenoxy) is 1. The van der Waals surface area contributed by atoms with Gasteiger partial charge >= 0.3 is 0 Å². The molecule has 144 valence electrons. The van der Waals surface area contributed by atoms with E-state index in [1.807, 2.05) is 37.6 Å². The summed E-state index contributed by atoms with van der Waals surface area (Å²) in [5.41, 5.74) is 0. The van der Waals surface area contributed by atoms with Gasteiger partial charge in [0.1, 0.15) is 17.2 Å². The summed E-state index contributed by atoms with van der Waals surface area (Å²) in [4.78, 5) is 4.56. The highest BCUT2D eigenvalue weighted by Gasteiger charge is 2.26. The van der Waals surface area contributed by atoms with E-state index in [0.29, 0.717) is 13.2 Å². The number of aromatic nitrogens is 2. The normalized spacial score (nSPS) is 15.2. The Balaban J connectivity index is 2.85. The summed E-state index contributed by atoms with van der Waals surface area (Å²) < 4.78 is 23.9. The molecule has 1 heterocycles. The molecule has 0 aromatic carbocycles. The lowest BCUT2D eigenvalue weighted by molar-refractivity contribution is 0.0841. The molecule has 2 unspecified atom stereocenters. The summed E-state index contributed by atoms with van der Waals surface area (Å²) in [5, 5.41) is 0.